The lowest BCUT2D eigenvalue weighted by molar-refractivity contribution is -0.275. The highest BCUT2D eigenvalue weighted by molar-refractivity contribution is 6.32. The second kappa shape index (κ2) is 4.49. The fraction of sp³-hybridized carbons (Fsp3) is 0.222. The van der Waals surface area contributed by atoms with Crippen LogP contribution in [0.3, 0.4) is 0 Å². The van der Waals surface area contributed by atoms with E-state index in [1.54, 1.807) is 6.07 Å². The Kier molecular flexibility index (Phi) is 3.50. The fourth-order valence-corrected chi connectivity index (χ4v) is 1.32. The number of ether oxygens (including phenoxy) is 2. The molecule has 1 aromatic rings. The van der Waals surface area contributed by atoms with Crippen molar-refractivity contribution in [3.8, 4) is 17.6 Å². The molecule has 0 atom stereocenters. The summed E-state index contributed by atoms with van der Waals surface area (Å²) in [7, 11) is 1.15. The third-order valence-electron chi connectivity index (χ3n) is 1.57. The summed E-state index contributed by atoms with van der Waals surface area (Å²) in [5, 5.41) is 8.44. The molecule has 0 aliphatic carbocycles. The van der Waals surface area contributed by atoms with Crippen LogP contribution in [-0.4, -0.2) is 13.5 Å². The van der Waals surface area contributed by atoms with Crippen LogP contribution in [-0.2, 0) is 0 Å². The van der Waals surface area contributed by atoms with Crippen LogP contribution in [0, 0.1) is 11.3 Å². The molecule has 7 heteroatoms. The molecule has 0 amide bonds. The summed E-state index contributed by atoms with van der Waals surface area (Å²) in [6.45, 7) is 0. The van der Waals surface area contributed by atoms with Crippen LogP contribution >= 0.6 is 11.6 Å². The standard InChI is InChI=1S/C9H5ClF3NO2/c1-15-8-6(10)2-5(4-14)3-7(8)16-9(11,12)13/h2-3H,1H3. The molecule has 0 aliphatic rings. The van der Waals surface area contributed by atoms with E-state index in [0.29, 0.717) is 0 Å². The summed E-state index contributed by atoms with van der Waals surface area (Å²) < 4.78 is 44.4. The van der Waals surface area contributed by atoms with E-state index < -0.39 is 12.1 Å². The van der Waals surface area contributed by atoms with E-state index >= 15 is 0 Å². The van der Waals surface area contributed by atoms with Crippen molar-refractivity contribution in [2.75, 3.05) is 7.11 Å². The van der Waals surface area contributed by atoms with Crippen molar-refractivity contribution < 1.29 is 22.6 Å². The van der Waals surface area contributed by atoms with Gasteiger partial charge in [-0.25, -0.2) is 0 Å². The molecule has 0 fully saturated rings. The summed E-state index contributed by atoms with van der Waals surface area (Å²) in [5.41, 5.74) is -0.0509. The lowest BCUT2D eigenvalue weighted by Gasteiger charge is -2.13. The Labute approximate surface area is 93.9 Å². The summed E-state index contributed by atoms with van der Waals surface area (Å²) in [6, 6.07) is 3.74. The van der Waals surface area contributed by atoms with Gasteiger partial charge >= 0.3 is 6.36 Å². The molecule has 1 aromatic carbocycles. The van der Waals surface area contributed by atoms with Crippen LogP contribution in [0.5, 0.6) is 11.5 Å². The fourth-order valence-electron chi connectivity index (χ4n) is 1.03. The average molecular weight is 252 g/mol. The number of benzene rings is 1. The average Bonchev–Trinajstić information content (AvgIpc) is 2.14. The van der Waals surface area contributed by atoms with Crippen molar-refractivity contribution in [1.82, 2.24) is 0 Å². The van der Waals surface area contributed by atoms with E-state index in [9.17, 15) is 13.2 Å². The van der Waals surface area contributed by atoms with Crippen molar-refractivity contribution in [2.45, 2.75) is 6.36 Å². The van der Waals surface area contributed by atoms with Gasteiger partial charge in [-0.3, -0.25) is 0 Å². The quantitative estimate of drug-likeness (QED) is 0.811. The first-order chi connectivity index (χ1) is 7.37. The number of nitriles is 1. The Bertz CT molecular complexity index is 440. The van der Waals surface area contributed by atoms with Crippen LogP contribution in [0.15, 0.2) is 12.1 Å². The van der Waals surface area contributed by atoms with E-state index in [-0.39, 0.29) is 16.3 Å². The molecule has 86 valence electrons. The lowest BCUT2D eigenvalue weighted by Crippen LogP contribution is -2.17. The molecule has 16 heavy (non-hydrogen) atoms. The Morgan fingerprint density at radius 2 is 2.00 bits per heavy atom. The van der Waals surface area contributed by atoms with Gasteiger partial charge in [0.25, 0.3) is 0 Å². The van der Waals surface area contributed by atoms with Gasteiger partial charge in [-0.2, -0.15) is 5.26 Å². The lowest BCUT2D eigenvalue weighted by atomic mass is 10.2. The maximum absolute atomic E-state index is 12.0. The largest absolute Gasteiger partial charge is 0.573 e. The number of hydrogen-bond acceptors (Lipinski definition) is 3. The monoisotopic (exact) mass is 251 g/mol. The molecule has 0 bridgehead atoms. The second-order valence-corrected chi connectivity index (χ2v) is 3.06. The van der Waals surface area contributed by atoms with Gasteiger partial charge in [-0.05, 0) is 6.07 Å². The minimum absolute atomic E-state index is 0.0509. The van der Waals surface area contributed by atoms with E-state index in [1.165, 1.54) is 6.07 Å². The molecule has 0 saturated heterocycles. The molecular formula is C9H5ClF3NO2. The van der Waals surface area contributed by atoms with Crippen molar-refractivity contribution in [2.24, 2.45) is 0 Å². The maximum Gasteiger partial charge on any atom is 0.573 e. The zero-order chi connectivity index (χ0) is 12.3. The van der Waals surface area contributed by atoms with E-state index in [1.807, 2.05) is 0 Å². The Hall–Kier alpha value is -1.61. The topological polar surface area (TPSA) is 42.2 Å². The normalized spacial score (nSPS) is 10.8. The summed E-state index contributed by atoms with van der Waals surface area (Å²) in [5.74, 6) is -0.906. The van der Waals surface area contributed by atoms with Crippen molar-refractivity contribution in [3.63, 3.8) is 0 Å². The number of methoxy groups -OCH3 is 1. The zero-order valence-electron chi connectivity index (χ0n) is 7.93. The first-order valence-corrected chi connectivity index (χ1v) is 4.28. The smallest absolute Gasteiger partial charge is 0.491 e. The molecule has 0 aliphatic heterocycles. The van der Waals surface area contributed by atoms with Gasteiger partial charge < -0.3 is 9.47 Å². The third-order valence-corrected chi connectivity index (χ3v) is 1.85. The van der Waals surface area contributed by atoms with E-state index in [4.69, 9.17) is 16.9 Å². The van der Waals surface area contributed by atoms with Crippen LogP contribution < -0.4 is 9.47 Å². The summed E-state index contributed by atoms with van der Waals surface area (Å²) in [6.07, 6.45) is -4.87. The van der Waals surface area contributed by atoms with Crippen LogP contribution in [0.2, 0.25) is 5.02 Å². The highest BCUT2D eigenvalue weighted by atomic mass is 35.5. The van der Waals surface area contributed by atoms with E-state index in [2.05, 4.69) is 9.47 Å². The van der Waals surface area contributed by atoms with E-state index in [0.717, 1.165) is 13.2 Å². The van der Waals surface area contributed by atoms with Crippen molar-refractivity contribution in [1.29, 1.82) is 5.26 Å². The first kappa shape index (κ1) is 12.5. The molecule has 0 heterocycles. The molecule has 0 saturated carbocycles. The van der Waals surface area contributed by atoms with Crippen LogP contribution in [0.25, 0.3) is 0 Å². The molecule has 0 N–H and O–H groups in total. The summed E-state index contributed by atoms with van der Waals surface area (Å²) in [4.78, 5) is 0. The van der Waals surface area contributed by atoms with Gasteiger partial charge in [-0.1, -0.05) is 11.6 Å². The van der Waals surface area contributed by atoms with Gasteiger partial charge in [0.05, 0.1) is 23.8 Å². The molecule has 0 unspecified atom stereocenters. The molecule has 0 aromatic heterocycles. The van der Waals surface area contributed by atoms with Crippen molar-refractivity contribution in [3.05, 3.63) is 22.7 Å². The molecule has 3 nitrogen and oxygen atoms in total. The van der Waals surface area contributed by atoms with Gasteiger partial charge in [0.15, 0.2) is 11.5 Å². The maximum atomic E-state index is 12.0. The number of hydrogen-bond donors (Lipinski definition) is 0. The Balaban J connectivity index is 3.24. The number of nitrogens with zero attached hydrogens (tertiary/aromatic N) is 1. The summed E-state index contributed by atoms with van der Waals surface area (Å²) >= 11 is 5.62. The Morgan fingerprint density at radius 3 is 2.44 bits per heavy atom. The number of halogens is 4. The van der Waals surface area contributed by atoms with Crippen molar-refractivity contribution >= 4 is 11.6 Å². The SMILES string of the molecule is COc1c(Cl)cc(C#N)cc1OC(F)(F)F. The predicted octanol–water partition coefficient (Wildman–Crippen LogP) is 3.12. The molecule has 0 spiro atoms. The zero-order valence-corrected chi connectivity index (χ0v) is 8.69. The second-order valence-electron chi connectivity index (χ2n) is 2.65. The first-order valence-electron chi connectivity index (χ1n) is 3.90. The Morgan fingerprint density at radius 1 is 1.38 bits per heavy atom. The highest BCUT2D eigenvalue weighted by Crippen LogP contribution is 2.38. The molecule has 1 rings (SSSR count). The highest BCUT2D eigenvalue weighted by Gasteiger charge is 2.33. The number of alkyl halides is 3. The number of rotatable bonds is 2. The molecular weight excluding hydrogens is 247 g/mol. The third kappa shape index (κ3) is 2.94. The van der Waals surface area contributed by atoms with Crippen LogP contribution in [0.1, 0.15) is 5.56 Å². The van der Waals surface area contributed by atoms with Gasteiger partial charge in [0.2, 0.25) is 0 Å². The molecule has 0 radical (unpaired) electrons. The predicted molar refractivity (Wildman–Crippen MR) is 49.4 cm³/mol. The van der Waals surface area contributed by atoms with Gasteiger partial charge in [0.1, 0.15) is 0 Å². The minimum atomic E-state index is -4.87. The minimum Gasteiger partial charge on any atom is -0.491 e. The van der Waals surface area contributed by atoms with Gasteiger partial charge in [0, 0.05) is 6.07 Å². The van der Waals surface area contributed by atoms with Crippen LogP contribution in [0.4, 0.5) is 13.2 Å². The van der Waals surface area contributed by atoms with Gasteiger partial charge in [-0.15, -0.1) is 13.2 Å².